The van der Waals surface area contributed by atoms with Gasteiger partial charge >= 0.3 is 6.09 Å². The van der Waals surface area contributed by atoms with E-state index in [-0.39, 0.29) is 40.8 Å². The smallest absolute Gasteiger partial charge is 0.410 e. The molecule has 11 heteroatoms. The fraction of sp³-hybridized carbons (Fsp3) is 0.600. The molecule has 4 heterocycles. The first-order valence-corrected chi connectivity index (χ1v) is 14.4. The molecule has 10 nitrogen and oxygen atoms in total. The lowest BCUT2D eigenvalue weighted by atomic mass is 9.72. The lowest BCUT2D eigenvalue weighted by Gasteiger charge is -2.54. The van der Waals surface area contributed by atoms with Gasteiger partial charge in [-0.15, -0.1) is 0 Å². The van der Waals surface area contributed by atoms with Crippen LogP contribution in [0.1, 0.15) is 64.2 Å². The molecule has 1 spiro atoms. The minimum atomic E-state index is -0.518. The van der Waals surface area contributed by atoms with Crippen molar-refractivity contribution in [2.45, 2.75) is 71.6 Å². The summed E-state index contributed by atoms with van der Waals surface area (Å²) >= 11 is 0. The number of hydrogen-bond acceptors (Lipinski definition) is 8. The van der Waals surface area contributed by atoms with Crippen LogP contribution in [-0.2, 0) is 9.47 Å². The number of benzene rings is 1. The van der Waals surface area contributed by atoms with Crippen LogP contribution >= 0.6 is 0 Å². The normalized spacial score (nSPS) is 20.2. The van der Waals surface area contributed by atoms with Crippen LogP contribution in [-0.4, -0.2) is 88.8 Å². The van der Waals surface area contributed by atoms with E-state index in [0.717, 1.165) is 32.4 Å². The molecule has 1 aromatic carbocycles. The number of nitrogens with zero attached hydrogens (tertiary/aromatic N) is 5. The zero-order valence-electron chi connectivity index (χ0n) is 24.6. The molecule has 1 aromatic heterocycles. The van der Waals surface area contributed by atoms with Gasteiger partial charge in [0, 0.05) is 44.2 Å². The van der Waals surface area contributed by atoms with Crippen LogP contribution in [0.4, 0.5) is 15.0 Å². The molecule has 0 unspecified atom stereocenters. The molecule has 3 saturated heterocycles. The quantitative estimate of drug-likeness (QED) is 0.486. The highest BCUT2D eigenvalue weighted by Gasteiger charge is 2.47. The molecule has 2 aromatic rings. The number of rotatable bonds is 6. The number of piperidine rings is 1. The van der Waals surface area contributed by atoms with Gasteiger partial charge in [-0.1, -0.05) is 0 Å². The molecule has 222 valence electrons. The van der Waals surface area contributed by atoms with Gasteiger partial charge < -0.3 is 28.9 Å². The van der Waals surface area contributed by atoms with Crippen molar-refractivity contribution in [2.24, 2.45) is 5.41 Å². The zero-order chi connectivity index (χ0) is 29.4. The first-order valence-electron chi connectivity index (χ1n) is 14.4. The number of halogens is 1. The third-order valence-corrected chi connectivity index (χ3v) is 7.97. The lowest BCUT2D eigenvalue weighted by Crippen LogP contribution is -2.61. The van der Waals surface area contributed by atoms with Crippen LogP contribution < -0.4 is 9.64 Å². The van der Waals surface area contributed by atoms with Crippen molar-refractivity contribution < 1.29 is 28.2 Å². The molecule has 0 saturated carbocycles. The maximum Gasteiger partial charge on any atom is 0.410 e. The van der Waals surface area contributed by atoms with Crippen molar-refractivity contribution in [2.75, 3.05) is 44.3 Å². The van der Waals surface area contributed by atoms with Crippen LogP contribution in [0.2, 0.25) is 0 Å². The Morgan fingerprint density at radius 2 is 1.90 bits per heavy atom. The predicted octanol–water partition coefficient (Wildman–Crippen LogP) is 4.88. The number of likely N-dealkylation sites (tertiary alicyclic amines) is 1. The van der Waals surface area contributed by atoms with E-state index in [1.54, 1.807) is 16.0 Å². The first kappa shape index (κ1) is 29.0. The Labute approximate surface area is 240 Å². The molecule has 0 aliphatic carbocycles. The summed E-state index contributed by atoms with van der Waals surface area (Å²) < 4.78 is 31.7. The molecule has 2 amide bonds. The summed E-state index contributed by atoms with van der Waals surface area (Å²) in [4.78, 5) is 40.5. The number of anilines is 1. The maximum atomic E-state index is 14.4. The largest absolute Gasteiger partial charge is 0.451 e. The van der Waals surface area contributed by atoms with E-state index >= 15 is 0 Å². The Kier molecular flexibility index (Phi) is 8.09. The minimum absolute atomic E-state index is 0.0757. The molecule has 3 aliphatic heterocycles. The molecule has 3 aliphatic rings. The Morgan fingerprint density at radius 1 is 1.17 bits per heavy atom. The summed E-state index contributed by atoms with van der Waals surface area (Å²) in [5, 5.41) is 0. The molecule has 5 rings (SSSR count). The van der Waals surface area contributed by atoms with Crippen molar-refractivity contribution in [1.29, 1.82) is 0 Å². The van der Waals surface area contributed by atoms with Crippen molar-refractivity contribution in [3.8, 4) is 11.5 Å². The monoisotopic (exact) mass is 569 g/mol. The van der Waals surface area contributed by atoms with Crippen LogP contribution in [0.25, 0.3) is 0 Å². The summed E-state index contributed by atoms with van der Waals surface area (Å²) in [5.41, 5.74) is -0.288. The van der Waals surface area contributed by atoms with E-state index in [1.807, 2.05) is 34.6 Å². The van der Waals surface area contributed by atoms with Gasteiger partial charge in [-0.2, -0.15) is 0 Å². The van der Waals surface area contributed by atoms with Crippen LogP contribution in [0.3, 0.4) is 0 Å². The summed E-state index contributed by atoms with van der Waals surface area (Å²) in [6, 6.07) is 3.81. The number of hydrogen-bond donors (Lipinski definition) is 0. The molecule has 0 N–H and O–H groups in total. The van der Waals surface area contributed by atoms with Gasteiger partial charge in [0.2, 0.25) is 0 Å². The highest BCUT2D eigenvalue weighted by atomic mass is 19.1. The van der Waals surface area contributed by atoms with Gasteiger partial charge in [-0.3, -0.25) is 4.79 Å². The summed E-state index contributed by atoms with van der Waals surface area (Å²) in [5.74, 6) is 0.447. The zero-order valence-corrected chi connectivity index (χ0v) is 24.6. The summed E-state index contributed by atoms with van der Waals surface area (Å²) in [6.07, 6.45) is 5.25. The van der Waals surface area contributed by atoms with Crippen LogP contribution in [0, 0.1) is 11.2 Å². The second kappa shape index (κ2) is 11.4. The van der Waals surface area contributed by atoms with Crippen LogP contribution in [0.5, 0.6) is 11.5 Å². The molecular weight excluding hydrogens is 529 g/mol. The van der Waals surface area contributed by atoms with Gasteiger partial charge in [-0.05, 0) is 72.1 Å². The first-order chi connectivity index (χ1) is 19.4. The number of carbonyl (C=O) groups is 2. The highest BCUT2D eigenvalue weighted by molar-refractivity contribution is 5.97. The third kappa shape index (κ3) is 6.39. The molecule has 0 bridgehead atoms. The Bertz CT molecular complexity index is 1260. The van der Waals surface area contributed by atoms with Crippen molar-refractivity contribution in [3.05, 3.63) is 42.1 Å². The second-order valence-electron chi connectivity index (χ2n) is 12.6. The van der Waals surface area contributed by atoms with Crippen molar-refractivity contribution in [1.82, 2.24) is 19.8 Å². The fourth-order valence-electron chi connectivity index (χ4n) is 5.92. The molecular formula is C30H40FN5O5. The average molecular weight is 570 g/mol. The van der Waals surface area contributed by atoms with Crippen molar-refractivity contribution >= 4 is 17.8 Å². The van der Waals surface area contributed by atoms with Crippen LogP contribution in [0.15, 0.2) is 30.7 Å². The van der Waals surface area contributed by atoms with Crippen molar-refractivity contribution in [3.63, 3.8) is 0 Å². The molecule has 0 radical (unpaired) electrons. The van der Waals surface area contributed by atoms with E-state index in [9.17, 15) is 14.0 Å². The molecule has 1 atom stereocenters. The maximum absolute atomic E-state index is 14.4. The number of amides is 2. The highest BCUT2D eigenvalue weighted by Crippen LogP contribution is 2.45. The lowest BCUT2D eigenvalue weighted by molar-refractivity contribution is 0.00585. The Balaban J connectivity index is 1.29. The number of ether oxygens (including phenoxy) is 3. The van der Waals surface area contributed by atoms with Gasteiger partial charge in [0.15, 0.2) is 11.6 Å². The van der Waals surface area contributed by atoms with E-state index in [0.29, 0.717) is 37.9 Å². The van der Waals surface area contributed by atoms with E-state index in [2.05, 4.69) is 14.9 Å². The number of carbonyl (C=O) groups excluding carboxylic acids is 2. The second-order valence-corrected chi connectivity index (χ2v) is 12.6. The van der Waals surface area contributed by atoms with Gasteiger partial charge in [0.05, 0.1) is 24.4 Å². The minimum Gasteiger partial charge on any atom is -0.451 e. The van der Waals surface area contributed by atoms with E-state index in [4.69, 9.17) is 14.2 Å². The average Bonchev–Trinajstić information content (AvgIpc) is 3.42. The van der Waals surface area contributed by atoms with E-state index in [1.165, 1.54) is 24.5 Å². The number of aromatic nitrogens is 2. The standard InChI is InChI=1S/C30H40FN5O5/c1-20(2)36(22-8-13-39-16-22)27(37)23-14-21(31)6-7-24(23)40-25-15-32-19-33-26(25)35-17-30(18-35)9-11-34(12-10-30)28(38)41-29(3,4)5/h6-7,14-15,19-20,22H,8-13,16-18H2,1-5H3/t22-/m0/s1. The topological polar surface area (TPSA) is 97.3 Å². The van der Waals surface area contributed by atoms with Gasteiger partial charge in [0.25, 0.3) is 5.91 Å². The Morgan fingerprint density at radius 3 is 2.54 bits per heavy atom. The van der Waals surface area contributed by atoms with Gasteiger partial charge in [0.1, 0.15) is 23.5 Å². The fourth-order valence-corrected chi connectivity index (χ4v) is 5.92. The van der Waals surface area contributed by atoms with Gasteiger partial charge in [-0.25, -0.2) is 19.2 Å². The third-order valence-electron chi connectivity index (χ3n) is 7.97. The SMILES string of the molecule is CC(C)N(C(=O)c1cc(F)ccc1Oc1cncnc1N1CC2(CCN(C(=O)OC(C)(C)C)CC2)C1)[C@H]1CCOC1. The predicted molar refractivity (Wildman–Crippen MR) is 151 cm³/mol. The molecule has 41 heavy (non-hydrogen) atoms. The summed E-state index contributed by atoms with van der Waals surface area (Å²) in [7, 11) is 0. The molecule has 3 fully saturated rings. The Hall–Kier alpha value is -3.47. The van der Waals surface area contributed by atoms with E-state index < -0.39 is 11.4 Å². The summed E-state index contributed by atoms with van der Waals surface area (Å²) in [6.45, 7) is 13.4.